The van der Waals surface area contributed by atoms with Gasteiger partial charge in [-0.05, 0) is 17.7 Å². The first kappa shape index (κ1) is 13.3. The van der Waals surface area contributed by atoms with Gasteiger partial charge in [-0.25, -0.2) is 4.98 Å². The molecule has 108 valence electrons. The summed E-state index contributed by atoms with van der Waals surface area (Å²) in [5.74, 6) is 0.908. The number of hydrogen-bond acceptors (Lipinski definition) is 6. The number of hydrogen-bond donors (Lipinski definition) is 2. The van der Waals surface area contributed by atoms with Crippen molar-refractivity contribution in [3.63, 3.8) is 0 Å². The summed E-state index contributed by atoms with van der Waals surface area (Å²) in [4.78, 5) is 13.0. The molecule has 0 saturated carbocycles. The molecule has 0 fully saturated rings. The van der Waals surface area contributed by atoms with Crippen LogP contribution in [-0.4, -0.2) is 26.6 Å². The highest BCUT2D eigenvalue weighted by Gasteiger charge is 2.12. The second-order valence-corrected chi connectivity index (χ2v) is 4.61. The summed E-state index contributed by atoms with van der Waals surface area (Å²) in [6.45, 7) is 0.519. The Balaban J connectivity index is 1.97. The first-order chi connectivity index (χ1) is 10.2. The van der Waals surface area contributed by atoms with E-state index in [0.29, 0.717) is 29.5 Å². The van der Waals surface area contributed by atoms with Crippen LogP contribution in [0.5, 0.6) is 5.88 Å². The number of nitrogens with one attached hydrogen (secondary N) is 1. The van der Waals surface area contributed by atoms with Crippen molar-refractivity contribution in [3.8, 4) is 5.88 Å². The van der Waals surface area contributed by atoms with Gasteiger partial charge in [0.15, 0.2) is 11.2 Å². The third-order valence-electron chi connectivity index (χ3n) is 3.17. The predicted molar refractivity (Wildman–Crippen MR) is 80.5 cm³/mol. The average Bonchev–Trinajstić information content (AvgIpc) is 2.89. The van der Waals surface area contributed by atoms with Gasteiger partial charge in [-0.1, -0.05) is 12.1 Å². The van der Waals surface area contributed by atoms with E-state index >= 15 is 0 Å². The van der Waals surface area contributed by atoms with Crippen LogP contribution in [-0.2, 0) is 13.6 Å². The second kappa shape index (κ2) is 5.37. The van der Waals surface area contributed by atoms with Crippen LogP contribution in [0.15, 0.2) is 30.6 Å². The summed E-state index contributed by atoms with van der Waals surface area (Å²) in [6.07, 6.45) is 1.68. The summed E-state index contributed by atoms with van der Waals surface area (Å²) in [5, 5.41) is 3.15. The molecule has 3 rings (SSSR count). The van der Waals surface area contributed by atoms with Gasteiger partial charge in [-0.2, -0.15) is 9.97 Å². The molecule has 0 bridgehead atoms. The van der Waals surface area contributed by atoms with E-state index in [2.05, 4.69) is 20.3 Å². The number of ether oxygens (including phenoxy) is 1. The monoisotopic (exact) mass is 284 g/mol. The minimum atomic E-state index is 0.446. The molecule has 0 aliphatic carbocycles. The molecule has 0 amide bonds. The van der Waals surface area contributed by atoms with Crippen LogP contribution in [0.4, 0.5) is 11.6 Å². The van der Waals surface area contributed by atoms with Gasteiger partial charge >= 0.3 is 0 Å². The number of aryl methyl sites for hydroxylation is 1. The molecule has 21 heavy (non-hydrogen) atoms. The highest BCUT2D eigenvalue weighted by atomic mass is 16.5. The van der Waals surface area contributed by atoms with E-state index in [1.807, 2.05) is 35.9 Å². The summed E-state index contributed by atoms with van der Waals surface area (Å²) in [5.41, 5.74) is 8.90. The maximum atomic E-state index is 5.59. The van der Waals surface area contributed by atoms with E-state index in [1.165, 1.54) is 0 Å². The molecule has 0 unspecified atom stereocenters. The molecular weight excluding hydrogens is 268 g/mol. The van der Waals surface area contributed by atoms with E-state index in [1.54, 1.807) is 13.4 Å². The van der Waals surface area contributed by atoms with E-state index in [9.17, 15) is 0 Å². The molecule has 7 nitrogen and oxygen atoms in total. The number of imidazole rings is 1. The fourth-order valence-electron chi connectivity index (χ4n) is 2.03. The Hall–Kier alpha value is -2.67. The molecule has 3 N–H and O–H groups in total. The Morgan fingerprint density at radius 3 is 2.67 bits per heavy atom. The molecule has 0 spiro atoms. The highest BCUT2D eigenvalue weighted by molar-refractivity contribution is 5.78. The number of fused-ring (bicyclic) bond motifs is 1. The first-order valence-corrected chi connectivity index (χ1v) is 6.50. The Labute approximate surface area is 121 Å². The van der Waals surface area contributed by atoms with Crippen molar-refractivity contribution in [1.82, 2.24) is 19.5 Å². The predicted octanol–water partition coefficient (Wildman–Crippen LogP) is 1.57. The lowest BCUT2D eigenvalue weighted by Gasteiger charge is -2.08. The molecule has 2 aromatic heterocycles. The normalized spacial score (nSPS) is 10.8. The third-order valence-corrected chi connectivity index (χ3v) is 3.17. The van der Waals surface area contributed by atoms with Gasteiger partial charge in [0.05, 0.1) is 13.4 Å². The number of rotatable bonds is 4. The molecule has 0 atom stereocenters. The Kier molecular flexibility index (Phi) is 3.41. The summed E-state index contributed by atoms with van der Waals surface area (Å²) < 4.78 is 7.09. The van der Waals surface area contributed by atoms with Gasteiger partial charge < -0.3 is 20.4 Å². The van der Waals surface area contributed by atoms with Crippen LogP contribution in [0.2, 0.25) is 0 Å². The van der Waals surface area contributed by atoms with Crippen LogP contribution in [0, 0.1) is 0 Å². The lowest BCUT2D eigenvalue weighted by Crippen LogP contribution is -2.02. The zero-order chi connectivity index (χ0) is 14.8. The minimum absolute atomic E-state index is 0.446. The van der Waals surface area contributed by atoms with Crippen molar-refractivity contribution in [1.29, 1.82) is 0 Å². The van der Waals surface area contributed by atoms with Gasteiger partial charge in [0.1, 0.15) is 0 Å². The number of aromatic nitrogens is 4. The molecule has 7 heteroatoms. The maximum Gasteiger partial charge on any atom is 0.246 e. The van der Waals surface area contributed by atoms with E-state index in [0.717, 1.165) is 11.3 Å². The molecule has 0 radical (unpaired) electrons. The average molecular weight is 284 g/mol. The lowest BCUT2D eigenvalue weighted by molar-refractivity contribution is 0.402. The van der Waals surface area contributed by atoms with E-state index in [-0.39, 0.29) is 0 Å². The second-order valence-electron chi connectivity index (χ2n) is 4.61. The fourth-order valence-corrected chi connectivity index (χ4v) is 2.03. The van der Waals surface area contributed by atoms with Crippen LogP contribution in [0.3, 0.4) is 0 Å². The van der Waals surface area contributed by atoms with Crippen molar-refractivity contribution >= 4 is 22.8 Å². The first-order valence-electron chi connectivity index (χ1n) is 6.50. The number of methoxy groups -OCH3 is 1. The highest BCUT2D eigenvalue weighted by Crippen LogP contribution is 2.23. The zero-order valence-corrected chi connectivity index (χ0v) is 11.9. The third kappa shape index (κ3) is 2.50. The summed E-state index contributed by atoms with van der Waals surface area (Å²) >= 11 is 0. The Morgan fingerprint density at radius 1 is 1.24 bits per heavy atom. The van der Waals surface area contributed by atoms with Gasteiger partial charge in [0.2, 0.25) is 11.8 Å². The van der Waals surface area contributed by atoms with Crippen LogP contribution in [0.25, 0.3) is 11.2 Å². The van der Waals surface area contributed by atoms with Crippen molar-refractivity contribution < 1.29 is 4.74 Å². The van der Waals surface area contributed by atoms with Crippen LogP contribution < -0.4 is 15.8 Å². The standard InChI is InChI=1S/C14H16N6O/c1-20-8-16-11-12(20)18-14(19-13(11)21-2)17-10-5-3-9(7-15)4-6-10/h3-6,8H,7,15H2,1-2H3,(H,17,18,19). The summed E-state index contributed by atoms with van der Waals surface area (Å²) in [6, 6.07) is 7.79. The minimum Gasteiger partial charge on any atom is -0.479 e. The van der Waals surface area contributed by atoms with Gasteiger partial charge in [-0.3, -0.25) is 0 Å². The molecule has 3 aromatic rings. The van der Waals surface area contributed by atoms with Gasteiger partial charge in [0, 0.05) is 19.3 Å². The molecular formula is C14H16N6O. The summed E-state index contributed by atoms with van der Waals surface area (Å²) in [7, 11) is 3.44. The molecule has 0 aliphatic heterocycles. The number of nitrogens with zero attached hydrogens (tertiary/aromatic N) is 4. The molecule has 0 saturated heterocycles. The molecule has 1 aromatic carbocycles. The van der Waals surface area contributed by atoms with Crippen molar-refractivity contribution in [2.24, 2.45) is 12.8 Å². The maximum absolute atomic E-state index is 5.59. The quantitative estimate of drug-likeness (QED) is 0.755. The van der Waals surface area contributed by atoms with Crippen LogP contribution >= 0.6 is 0 Å². The topological polar surface area (TPSA) is 90.9 Å². The van der Waals surface area contributed by atoms with E-state index < -0.39 is 0 Å². The van der Waals surface area contributed by atoms with Crippen LogP contribution in [0.1, 0.15) is 5.56 Å². The van der Waals surface area contributed by atoms with Gasteiger partial charge in [0.25, 0.3) is 0 Å². The van der Waals surface area contributed by atoms with Gasteiger partial charge in [-0.15, -0.1) is 0 Å². The zero-order valence-electron chi connectivity index (χ0n) is 11.9. The van der Waals surface area contributed by atoms with Crippen molar-refractivity contribution in [3.05, 3.63) is 36.2 Å². The molecule has 2 heterocycles. The lowest BCUT2D eigenvalue weighted by atomic mass is 10.2. The number of anilines is 2. The van der Waals surface area contributed by atoms with Crippen molar-refractivity contribution in [2.75, 3.05) is 12.4 Å². The smallest absolute Gasteiger partial charge is 0.246 e. The SMILES string of the molecule is COc1nc(Nc2ccc(CN)cc2)nc2c1ncn2C. The fraction of sp³-hybridized carbons (Fsp3) is 0.214. The van der Waals surface area contributed by atoms with Crippen molar-refractivity contribution in [2.45, 2.75) is 6.54 Å². The number of nitrogens with two attached hydrogens (primary N) is 1. The Bertz CT molecular complexity index is 765. The Morgan fingerprint density at radius 2 is 2.00 bits per heavy atom. The number of benzene rings is 1. The van der Waals surface area contributed by atoms with E-state index in [4.69, 9.17) is 10.5 Å². The molecule has 0 aliphatic rings. The largest absolute Gasteiger partial charge is 0.479 e.